The zero-order valence-electron chi connectivity index (χ0n) is 14.9. The molecule has 1 aromatic rings. The number of alkyl halides is 3. The minimum absolute atomic E-state index is 0.0732. The summed E-state index contributed by atoms with van der Waals surface area (Å²) in [5, 5.41) is -0.999. The molecule has 0 saturated heterocycles. The molecule has 0 amide bonds. The third kappa shape index (κ3) is 4.48. The third-order valence-corrected chi connectivity index (χ3v) is 7.51. The van der Waals surface area contributed by atoms with Crippen LogP contribution in [-0.2, 0) is 14.3 Å². The van der Waals surface area contributed by atoms with Gasteiger partial charge in [0.05, 0.1) is 32.7 Å². The van der Waals surface area contributed by atoms with Gasteiger partial charge >= 0.3 is 12.1 Å². The Morgan fingerprint density at radius 3 is 2.38 bits per heavy atom. The van der Waals surface area contributed by atoms with Gasteiger partial charge in [-0.05, 0) is 48.6 Å². The Balaban J connectivity index is 2.02. The lowest BCUT2D eigenvalue weighted by molar-refractivity contribution is -0.140. The molecule has 0 bridgehead atoms. The number of ether oxygens (including phenoxy) is 1. The van der Waals surface area contributed by atoms with Crippen molar-refractivity contribution in [2.45, 2.75) is 30.7 Å². The summed E-state index contributed by atoms with van der Waals surface area (Å²) in [7, 11) is 1.24. The van der Waals surface area contributed by atoms with Crippen molar-refractivity contribution in [2.75, 3.05) is 7.11 Å². The molecule has 3 nitrogen and oxygen atoms in total. The summed E-state index contributed by atoms with van der Waals surface area (Å²) in [5.41, 5.74) is -0.834. The number of rotatable bonds is 4. The van der Waals surface area contributed by atoms with E-state index >= 15 is 0 Å². The maximum absolute atomic E-state index is 13.7. The Bertz CT molecular complexity index is 917. The van der Waals surface area contributed by atoms with E-state index in [2.05, 4.69) is 0 Å². The second kappa shape index (κ2) is 8.53. The normalized spacial score (nSPS) is 22.1. The Morgan fingerprint density at radius 1 is 1.21 bits per heavy atom. The molecule has 1 aliphatic heterocycles. The number of hydrogen-bond acceptors (Lipinski definition) is 4. The van der Waals surface area contributed by atoms with Gasteiger partial charge in [0.15, 0.2) is 5.78 Å². The van der Waals surface area contributed by atoms with Crippen LogP contribution >= 0.6 is 46.6 Å². The highest BCUT2D eigenvalue weighted by Crippen LogP contribution is 2.51. The molecule has 2 atom stereocenters. The summed E-state index contributed by atoms with van der Waals surface area (Å²) >= 11 is 18.5. The van der Waals surface area contributed by atoms with Crippen LogP contribution in [0.25, 0.3) is 5.57 Å². The molecule has 1 saturated carbocycles. The van der Waals surface area contributed by atoms with Gasteiger partial charge in [-0.15, -0.1) is 11.8 Å². The lowest BCUT2D eigenvalue weighted by atomic mass is 9.97. The Labute approximate surface area is 184 Å². The van der Waals surface area contributed by atoms with Gasteiger partial charge in [0.2, 0.25) is 0 Å². The zero-order chi connectivity index (χ0) is 21.5. The monoisotopic (exact) mass is 484 g/mol. The number of benzene rings is 1. The van der Waals surface area contributed by atoms with Gasteiger partial charge in [-0.25, -0.2) is 0 Å². The van der Waals surface area contributed by atoms with Crippen molar-refractivity contribution in [3.8, 4) is 0 Å². The first-order chi connectivity index (χ1) is 13.5. The Hall–Kier alpha value is -1.15. The van der Waals surface area contributed by atoms with Crippen molar-refractivity contribution in [2.24, 2.45) is 5.92 Å². The molecule has 0 radical (unpaired) electrons. The van der Waals surface area contributed by atoms with Crippen molar-refractivity contribution in [1.29, 1.82) is 0 Å². The van der Waals surface area contributed by atoms with Crippen molar-refractivity contribution in [3.63, 3.8) is 0 Å². The molecule has 10 heteroatoms. The number of carbonyl (C=O) groups excluding carboxylic acids is 2. The molecule has 1 heterocycles. The van der Waals surface area contributed by atoms with E-state index in [1.165, 1.54) is 7.11 Å². The van der Waals surface area contributed by atoms with E-state index in [4.69, 9.17) is 39.5 Å². The van der Waals surface area contributed by atoms with E-state index in [0.29, 0.717) is 18.9 Å². The fourth-order valence-electron chi connectivity index (χ4n) is 3.55. The summed E-state index contributed by atoms with van der Waals surface area (Å²) in [6.45, 7) is 0. The van der Waals surface area contributed by atoms with Gasteiger partial charge in [0.1, 0.15) is 5.25 Å². The van der Waals surface area contributed by atoms with Crippen LogP contribution in [0.4, 0.5) is 13.2 Å². The molecule has 1 fully saturated rings. The fraction of sp³-hybridized carbons (Fsp3) is 0.368. The lowest BCUT2D eigenvalue weighted by Crippen LogP contribution is -2.23. The fourth-order valence-corrected chi connectivity index (χ4v) is 5.64. The van der Waals surface area contributed by atoms with Gasteiger partial charge in [-0.1, -0.05) is 34.8 Å². The van der Waals surface area contributed by atoms with Crippen LogP contribution in [0, 0.1) is 5.92 Å². The number of ketones is 1. The van der Waals surface area contributed by atoms with Gasteiger partial charge in [-0.3, -0.25) is 9.59 Å². The van der Waals surface area contributed by atoms with Crippen molar-refractivity contribution >= 4 is 63.9 Å². The average Bonchev–Trinajstić information content (AvgIpc) is 3.24. The van der Waals surface area contributed by atoms with E-state index in [-0.39, 0.29) is 31.5 Å². The van der Waals surface area contributed by atoms with Crippen LogP contribution < -0.4 is 0 Å². The predicted octanol–water partition coefficient (Wildman–Crippen LogP) is 6.50. The summed E-state index contributed by atoms with van der Waals surface area (Å²) < 4.78 is 45.9. The summed E-state index contributed by atoms with van der Waals surface area (Å²) in [4.78, 5) is 25.0. The summed E-state index contributed by atoms with van der Waals surface area (Å²) in [6, 6.07) is 2.02. The second-order valence-electron chi connectivity index (χ2n) is 6.59. The quantitative estimate of drug-likeness (QED) is 0.277. The minimum Gasteiger partial charge on any atom is -0.468 e. The number of allylic oxidation sites excluding steroid dienone is 4. The third-order valence-electron chi connectivity index (χ3n) is 4.84. The van der Waals surface area contributed by atoms with Gasteiger partial charge in [0.25, 0.3) is 0 Å². The molecule has 1 aliphatic carbocycles. The van der Waals surface area contributed by atoms with E-state index in [1.807, 2.05) is 0 Å². The van der Waals surface area contributed by atoms with Crippen LogP contribution in [0.3, 0.4) is 0 Å². The van der Waals surface area contributed by atoms with Crippen molar-refractivity contribution < 1.29 is 27.5 Å². The molecular formula is C19H14Cl3F3O3S. The molecule has 2 aliphatic rings. The Kier molecular flexibility index (Phi) is 6.63. The highest BCUT2D eigenvalue weighted by atomic mass is 35.5. The first kappa shape index (κ1) is 22.5. The zero-order valence-corrected chi connectivity index (χ0v) is 18.0. The van der Waals surface area contributed by atoms with Gasteiger partial charge in [0, 0.05) is 5.92 Å². The lowest BCUT2D eigenvalue weighted by Gasteiger charge is -2.14. The van der Waals surface area contributed by atoms with Gasteiger partial charge in [-0.2, -0.15) is 13.2 Å². The minimum atomic E-state index is -4.83. The molecule has 29 heavy (non-hydrogen) atoms. The maximum atomic E-state index is 13.7. The second-order valence-corrected chi connectivity index (χ2v) is 8.93. The standard InChI is InChI=1S/C19H14Cl3F3O3S/c1-28-18(27)17-10-4-2-3-9(10)16(29-17)14(26)7-11(19(23,24)25)8-5-12(20)15(22)13(21)6-8/h5-7,10,17H,2-4H2,1H3/b11-7+. The van der Waals surface area contributed by atoms with Crippen LogP contribution in [0.1, 0.15) is 24.8 Å². The molecule has 156 valence electrons. The summed E-state index contributed by atoms with van der Waals surface area (Å²) in [6.07, 6.45) is -2.28. The number of carbonyl (C=O) groups is 2. The van der Waals surface area contributed by atoms with Crippen LogP contribution in [0.2, 0.25) is 15.1 Å². The number of methoxy groups -OCH3 is 1. The maximum Gasteiger partial charge on any atom is 0.417 e. The number of halogens is 6. The molecule has 3 rings (SSSR count). The molecule has 0 aromatic heterocycles. The van der Waals surface area contributed by atoms with E-state index in [0.717, 1.165) is 35.9 Å². The molecule has 0 N–H and O–H groups in total. The Morgan fingerprint density at radius 2 is 1.83 bits per heavy atom. The van der Waals surface area contributed by atoms with Crippen molar-refractivity contribution in [3.05, 3.63) is 49.3 Å². The average molecular weight is 486 g/mol. The first-order valence-corrected chi connectivity index (χ1v) is 10.5. The van der Waals surface area contributed by atoms with E-state index in [9.17, 15) is 22.8 Å². The molecule has 0 spiro atoms. The topological polar surface area (TPSA) is 43.4 Å². The first-order valence-electron chi connectivity index (χ1n) is 8.50. The predicted molar refractivity (Wildman–Crippen MR) is 108 cm³/mol. The molecular weight excluding hydrogens is 472 g/mol. The highest BCUT2D eigenvalue weighted by Gasteiger charge is 2.45. The number of hydrogen-bond donors (Lipinski definition) is 0. The van der Waals surface area contributed by atoms with E-state index < -0.39 is 28.8 Å². The summed E-state index contributed by atoms with van der Waals surface area (Å²) in [5.74, 6) is -1.48. The van der Waals surface area contributed by atoms with Gasteiger partial charge < -0.3 is 4.74 Å². The number of esters is 1. The van der Waals surface area contributed by atoms with Crippen molar-refractivity contribution in [1.82, 2.24) is 0 Å². The number of thioether (sulfide) groups is 1. The highest BCUT2D eigenvalue weighted by molar-refractivity contribution is 8.05. The SMILES string of the molecule is COC(=O)C1SC(C(=O)/C=C(\c2cc(Cl)c(Cl)c(Cl)c2)C(F)(F)F)=C2CCCC21. The van der Waals surface area contributed by atoms with E-state index in [1.54, 1.807) is 0 Å². The van der Waals surface area contributed by atoms with Crippen LogP contribution in [0.15, 0.2) is 28.7 Å². The smallest absolute Gasteiger partial charge is 0.417 e. The van der Waals surface area contributed by atoms with Crippen LogP contribution in [0.5, 0.6) is 0 Å². The molecule has 2 unspecified atom stereocenters. The largest absolute Gasteiger partial charge is 0.468 e. The molecule has 1 aromatic carbocycles. The number of fused-ring (bicyclic) bond motifs is 1. The van der Waals surface area contributed by atoms with Crippen LogP contribution in [-0.4, -0.2) is 30.3 Å².